The van der Waals surface area contributed by atoms with E-state index in [1.165, 1.54) is 0 Å². The summed E-state index contributed by atoms with van der Waals surface area (Å²) in [5, 5.41) is 0. The highest BCUT2D eigenvalue weighted by Crippen LogP contribution is 2.15. The van der Waals surface area contributed by atoms with Crippen LogP contribution >= 0.6 is 0 Å². The van der Waals surface area contributed by atoms with Crippen LogP contribution in [0.2, 0.25) is 0 Å². The number of hydrogen-bond donors (Lipinski definition) is 0. The Morgan fingerprint density at radius 1 is 1.09 bits per heavy atom. The van der Waals surface area contributed by atoms with Gasteiger partial charge < -0.3 is 0 Å². The van der Waals surface area contributed by atoms with Crippen LogP contribution in [0.25, 0.3) is 0 Å². The Balaban J connectivity index is 3.29. The lowest BCUT2D eigenvalue weighted by molar-refractivity contribution is 0.481. The van der Waals surface area contributed by atoms with Crippen molar-refractivity contribution in [3.8, 4) is 0 Å². The molecule has 0 aliphatic heterocycles. The molecule has 11 heavy (non-hydrogen) atoms. The Labute approximate surface area is 62.7 Å². The number of hydrogen-bond acceptors (Lipinski definition) is 0. The Morgan fingerprint density at radius 3 is 2.09 bits per heavy atom. The van der Waals surface area contributed by atoms with E-state index in [0.29, 0.717) is 0 Å². The quantitative estimate of drug-likeness (QED) is 0.554. The van der Waals surface area contributed by atoms with Gasteiger partial charge in [0.15, 0.2) is 11.6 Å². The second-order valence-corrected chi connectivity index (χ2v) is 2.18. The average molecular weight is 160 g/mol. The summed E-state index contributed by atoms with van der Waals surface area (Å²) in [5.41, 5.74) is -0.190. The molecule has 0 aliphatic rings. The molecule has 1 aromatic carbocycles. The predicted octanol–water partition coefficient (Wildman–Crippen LogP) is 2.67. The zero-order valence-electron chi connectivity index (χ0n) is 6.00. The Bertz CT molecular complexity index is 268. The summed E-state index contributed by atoms with van der Waals surface area (Å²) in [6, 6.07) is 1.71. The zero-order chi connectivity index (χ0) is 8.43. The van der Waals surface area contributed by atoms with Crippen molar-refractivity contribution in [2.45, 2.75) is 13.3 Å². The molecule has 0 radical (unpaired) electrons. The van der Waals surface area contributed by atoms with Gasteiger partial charge in [0.05, 0.1) is 0 Å². The lowest BCUT2D eigenvalue weighted by Gasteiger charge is -2.00. The molecule has 0 aliphatic carbocycles. The SMILES string of the molecule is CCc1c(F)ccc(F)c1F. The van der Waals surface area contributed by atoms with Crippen molar-refractivity contribution in [1.82, 2.24) is 0 Å². The Morgan fingerprint density at radius 2 is 1.64 bits per heavy atom. The monoisotopic (exact) mass is 160 g/mol. The van der Waals surface area contributed by atoms with E-state index in [2.05, 4.69) is 0 Å². The predicted molar refractivity (Wildman–Crippen MR) is 35.7 cm³/mol. The van der Waals surface area contributed by atoms with Gasteiger partial charge >= 0.3 is 0 Å². The van der Waals surface area contributed by atoms with Gasteiger partial charge in [-0.05, 0) is 18.6 Å². The van der Waals surface area contributed by atoms with Crippen LogP contribution in [0.1, 0.15) is 12.5 Å². The van der Waals surface area contributed by atoms with Gasteiger partial charge in [0.2, 0.25) is 0 Å². The molecule has 3 heteroatoms. The first-order chi connectivity index (χ1) is 5.16. The molecule has 0 fully saturated rings. The lowest BCUT2D eigenvalue weighted by atomic mass is 10.1. The minimum atomic E-state index is -1.08. The van der Waals surface area contributed by atoms with Gasteiger partial charge in [-0.3, -0.25) is 0 Å². The third kappa shape index (κ3) is 1.37. The fourth-order valence-corrected chi connectivity index (χ4v) is 0.893. The summed E-state index contributed by atoms with van der Waals surface area (Å²) in [6.45, 7) is 1.57. The molecule has 0 unspecified atom stereocenters. The van der Waals surface area contributed by atoms with Crippen LogP contribution < -0.4 is 0 Å². The van der Waals surface area contributed by atoms with Crippen LogP contribution in [-0.4, -0.2) is 0 Å². The minimum absolute atomic E-state index is 0.162. The maximum Gasteiger partial charge on any atom is 0.164 e. The van der Waals surface area contributed by atoms with E-state index in [9.17, 15) is 13.2 Å². The second-order valence-electron chi connectivity index (χ2n) is 2.18. The van der Waals surface area contributed by atoms with Gasteiger partial charge in [-0.25, -0.2) is 13.2 Å². The van der Waals surface area contributed by atoms with E-state index in [-0.39, 0.29) is 12.0 Å². The Hall–Kier alpha value is -0.990. The van der Waals surface area contributed by atoms with Crippen LogP contribution in [0.5, 0.6) is 0 Å². The lowest BCUT2D eigenvalue weighted by Crippen LogP contribution is -1.96. The van der Waals surface area contributed by atoms with Crippen LogP contribution in [0, 0.1) is 17.5 Å². The molecule has 0 spiro atoms. The fourth-order valence-electron chi connectivity index (χ4n) is 0.893. The van der Waals surface area contributed by atoms with Crippen molar-refractivity contribution in [2.24, 2.45) is 0 Å². The molecule has 1 aromatic rings. The van der Waals surface area contributed by atoms with E-state index in [0.717, 1.165) is 12.1 Å². The maximum atomic E-state index is 12.6. The highest BCUT2D eigenvalue weighted by molar-refractivity contribution is 5.20. The largest absolute Gasteiger partial charge is 0.207 e. The highest BCUT2D eigenvalue weighted by atomic mass is 19.2. The van der Waals surface area contributed by atoms with Crippen molar-refractivity contribution < 1.29 is 13.2 Å². The molecule has 0 atom stereocenters. The molecule has 0 saturated heterocycles. The highest BCUT2D eigenvalue weighted by Gasteiger charge is 2.10. The molecular weight excluding hydrogens is 153 g/mol. The van der Waals surface area contributed by atoms with Crippen LogP contribution in [0.4, 0.5) is 13.2 Å². The maximum absolute atomic E-state index is 12.6. The van der Waals surface area contributed by atoms with E-state index in [1.54, 1.807) is 6.92 Å². The van der Waals surface area contributed by atoms with Crippen LogP contribution in [-0.2, 0) is 6.42 Å². The summed E-state index contributed by atoms with van der Waals surface area (Å²) in [5.74, 6) is -2.76. The van der Waals surface area contributed by atoms with E-state index >= 15 is 0 Å². The number of benzene rings is 1. The Kier molecular flexibility index (Phi) is 2.17. The minimum Gasteiger partial charge on any atom is -0.207 e. The van der Waals surface area contributed by atoms with Gasteiger partial charge in [0.25, 0.3) is 0 Å². The van der Waals surface area contributed by atoms with Crippen molar-refractivity contribution in [2.75, 3.05) is 0 Å². The molecule has 0 aromatic heterocycles. The van der Waals surface area contributed by atoms with Gasteiger partial charge in [0, 0.05) is 5.56 Å². The van der Waals surface area contributed by atoms with Gasteiger partial charge in [-0.15, -0.1) is 0 Å². The third-order valence-electron chi connectivity index (χ3n) is 1.49. The van der Waals surface area contributed by atoms with E-state index in [4.69, 9.17) is 0 Å². The first kappa shape index (κ1) is 8.11. The molecule has 0 bridgehead atoms. The first-order valence-electron chi connectivity index (χ1n) is 3.29. The van der Waals surface area contributed by atoms with Crippen molar-refractivity contribution >= 4 is 0 Å². The van der Waals surface area contributed by atoms with Gasteiger partial charge in [0.1, 0.15) is 5.82 Å². The molecule has 0 nitrogen and oxygen atoms in total. The van der Waals surface area contributed by atoms with Crippen LogP contribution in [0.3, 0.4) is 0 Å². The molecule has 1 rings (SSSR count). The number of halogens is 3. The number of rotatable bonds is 1. The fraction of sp³-hybridized carbons (Fsp3) is 0.250. The molecule has 60 valence electrons. The normalized spacial score (nSPS) is 10.2. The second kappa shape index (κ2) is 2.95. The standard InChI is InChI=1S/C8H7F3/c1-2-5-6(9)3-4-7(10)8(5)11/h3-4H,2H2,1H3. The summed E-state index contributed by atoms with van der Waals surface area (Å²) in [4.78, 5) is 0. The molecule has 0 N–H and O–H groups in total. The van der Waals surface area contributed by atoms with Crippen molar-refractivity contribution in [1.29, 1.82) is 0 Å². The van der Waals surface area contributed by atoms with E-state index < -0.39 is 17.5 Å². The summed E-state index contributed by atoms with van der Waals surface area (Å²) < 4.78 is 37.7. The zero-order valence-corrected chi connectivity index (χ0v) is 6.00. The molecule has 0 amide bonds. The smallest absolute Gasteiger partial charge is 0.164 e. The average Bonchev–Trinajstić information content (AvgIpc) is 1.99. The first-order valence-corrected chi connectivity index (χ1v) is 3.29. The van der Waals surface area contributed by atoms with Gasteiger partial charge in [-0.1, -0.05) is 6.92 Å². The van der Waals surface area contributed by atoms with E-state index in [1.807, 2.05) is 0 Å². The van der Waals surface area contributed by atoms with Gasteiger partial charge in [-0.2, -0.15) is 0 Å². The topological polar surface area (TPSA) is 0 Å². The molecule has 0 heterocycles. The third-order valence-corrected chi connectivity index (χ3v) is 1.49. The molecule has 0 saturated carbocycles. The summed E-state index contributed by atoms with van der Waals surface area (Å²) in [6.07, 6.45) is 0.162. The molecular formula is C8H7F3. The van der Waals surface area contributed by atoms with Crippen molar-refractivity contribution in [3.05, 3.63) is 35.1 Å². The van der Waals surface area contributed by atoms with Crippen LogP contribution in [0.15, 0.2) is 12.1 Å². The summed E-state index contributed by atoms with van der Waals surface area (Å²) >= 11 is 0. The van der Waals surface area contributed by atoms with Crippen molar-refractivity contribution in [3.63, 3.8) is 0 Å². The summed E-state index contributed by atoms with van der Waals surface area (Å²) in [7, 11) is 0.